The van der Waals surface area contributed by atoms with Gasteiger partial charge in [0.05, 0.1) is 11.6 Å². The smallest absolute Gasteiger partial charge is 0.124 e. The molecule has 0 amide bonds. The number of aromatic nitrogens is 2. The molecule has 2 rings (SSSR count). The monoisotopic (exact) mass is 242 g/mol. The lowest BCUT2D eigenvalue weighted by Gasteiger charge is -1.92. The molecule has 0 fully saturated rings. The van der Waals surface area contributed by atoms with Gasteiger partial charge in [-0.3, -0.25) is 0 Å². The summed E-state index contributed by atoms with van der Waals surface area (Å²) >= 11 is 5.75. The second-order valence-electron chi connectivity index (χ2n) is 3.15. The number of aryl methyl sites for hydroxylation is 1. The molecule has 0 atom stereocenters. The van der Waals surface area contributed by atoms with Gasteiger partial charge in [0.15, 0.2) is 0 Å². The van der Waals surface area contributed by atoms with Crippen molar-refractivity contribution in [1.29, 1.82) is 0 Å². The first-order chi connectivity index (χ1) is 6.81. The summed E-state index contributed by atoms with van der Waals surface area (Å²) in [7, 11) is 1.96. The molecule has 0 saturated carbocycles. The van der Waals surface area contributed by atoms with Crippen LogP contribution in [-0.4, -0.2) is 9.55 Å². The minimum absolute atomic E-state index is 0. The first-order valence-electron chi connectivity index (χ1n) is 4.45. The number of rotatable bonds is 2. The van der Waals surface area contributed by atoms with Gasteiger partial charge in [0.25, 0.3) is 0 Å². The number of halogens is 2. The van der Waals surface area contributed by atoms with E-state index in [1.165, 1.54) is 0 Å². The summed E-state index contributed by atoms with van der Waals surface area (Å²) in [5, 5.41) is 0. The molecule has 0 saturated heterocycles. The molecule has 0 radical (unpaired) electrons. The quantitative estimate of drug-likeness (QED) is 0.740. The summed E-state index contributed by atoms with van der Waals surface area (Å²) in [4.78, 5) is 4.43. The average Bonchev–Trinajstić information content (AvgIpc) is 2.61. The van der Waals surface area contributed by atoms with Crippen LogP contribution in [0, 0.1) is 0 Å². The fraction of sp³-hybridized carbons (Fsp3) is 0.182. The maximum atomic E-state index is 5.75. The molecule has 0 aliphatic rings. The van der Waals surface area contributed by atoms with E-state index in [2.05, 4.69) is 4.98 Å². The van der Waals surface area contributed by atoms with E-state index in [4.69, 9.17) is 11.6 Å². The summed E-state index contributed by atoms with van der Waals surface area (Å²) in [6.45, 7) is 0. The molecule has 0 N–H and O–H groups in total. The number of alkyl halides is 1. The highest BCUT2D eigenvalue weighted by Crippen LogP contribution is 2.18. The Labute approximate surface area is 100 Å². The van der Waals surface area contributed by atoms with Crippen molar-refractivity contribution in [3.63, 3.8) is 0 Å². The van der Waals surface area contributed by atoms with E-state index in [-0.39, 0.29) is 12.4 Å². The molecule has 2 nitrogen and oxygen atoms in total. The maximum absolute atomic E-state index is 5.75. The van der Waals surface area contributed by atoms with Gasteiger partial charge in [0.1, 0.15) is 5.82 Å². The zero-order valence-corrected chi connectivity index (χ0v) is 9.92. The average molecular weight is 243 g/mol. The number of hydrogen-bond acceptors (Lipinski definition) is 1. The highest BCUT2D eigenvalue weighted by molar-refractivity contribution is 6.16. The van der Waals surface area contributed by atoms with E-state index < -0.39 is 0 Å². The van der Waals surface area contributed by atoms with Crippen molar-refractivity contribution >= 4 is 24.0 Å². The third kappa shape index (κ3) is 2.52. The lowest BCUT2D eigenvalue weighted by molar-refractivity contribution is 0.847. The molecule has 15 heavy (non-hydrogen) atoms. The predicted molar refractivity (Wildman–Crippen MR) is 65.4 cm³/mol. The second-order valence-corrected chi connectivity index (χ2v) is 3.42. The minimum atomic E-state index is 0. The van der Waals surface area contributed by atoms with Crippen molar-refractivity contribution in [3.05, 3.63) is 42.4 Å². The SMILES string of the molecule is Cl.Cn1cc(-c2ccccc2)nc1CCl. The van der Waals surface area contributed by atoms with E-state index >= 15 is 0 Å². The van der Waals surface area contributed by atoms with Crippen molar-refractivity contribution in [2.75, 3.05) is 0 Å². The topological polar surface area (TPSA) is 17.8 Å². The fourth-order valence-corrected chi connectivity index (χ4v) is 1.63. The van der Waals surface area contributed by atoms with Gasteiger partial charge in [-0.25, -0.2) is 4.98 Å². The first-order valence-corrected chi connectivity index (χ1v) is 4.98. The number of imidazole rings is 1. The standard InChI is InChI=1S/C11H11ClN2.ClH/c1-14-8-10(13-11(14)7-12)9-5-3-2-4-6-9;/h2-6,8H,7H2,1H3;1H. The third-order valence-electron chi connectivity index (χ3n) is 2.16. The molecule has 0 spiro atoms. The highest BCUT2D eigenvalue weighted by Gasteiger charge is 2.04. The Hall–Kier alpha value is -0.990. The van der Waals surface area contributed by atoms with E-state index in [1.54, 1.807) is 0 Å². The molecule has 4 heteroatoms. The fourth-order valence-electron chi connectivity index (χ4n) is 1.38. The lowest BCUT2D eigenvalue weighted by Crippen LogP contribution is -1.91. The van der Waals surface area contributed by atoms with Crippen molar-refractivity contribution in [2.45, 2.75) is 5.88 Å². The van der Waals surface area contributed by atoms with Gasteiger partial charge in [0.2, 0.25) is 0 Å². The van der Waals surface area contributed by atoms with E-state index in [9.17, 15) is 0 Å². The van der Waals surface area contributed by atoms with Crippen LogP contribution in [0.5, 0.6) is 0 Å². The molecule has 1 heterocycles. The predicted octanol–water partition coefficient (Wildman–Crippen LogP) is 3.25. The van der Waals surface area contributed by atoms with Crippen LogP contribution in [0.15, 0.2) is 36.5 Å². The molecular weight excluding hydrogens is 231 g/mol. The summed E-state index contributed by atoms with van der Waals surface area (Å²) < 4.78 is 1.95. The number of benzene rings is 1. The van der Waals surface area contributed by atoms with Crippen LogP contribution in [0.25, 0.3) is 11.3 Å². The first kappa shape index (κ1) is 12.1. The van der Waals surface area contributed by atoms with Gasteiger partial charge in [-0.15, -0.1) is 24.0 Å². The normalized spacial score (nSPS) is 9.73. The molecule has 1 aromatic heterocycles. The minimum Gasteiger partial charge on any atom is -0.336 e. The molecule has 0 aliphatic carbocycles. The zero-order chi connectivity index (χ0) is 9.97. The van der Waals surface area contributed by atoms with E-state index in [0.29, 0.717) is 5.88 Å². The van der Waals surface area contributed by atoms with Gasteiger partial charge in [-0.05, 0) is 0 Å². The highest BCUT2D eigenvalue weighted by atomic mass is 35.5. The van der Waals surface area contributed by atoms with Crippen molar-refractivity contribution in [1.82, 2.24) is 9.55 Å². The molecular formula is C11H12Cl2N2. The Balaban J connectivity index is 0.00000112. The van der Waals surface area contributed by atoms with Crippen LogP contribution in [0.4, 0.5) is 0 Å². The van der Waals surface area contributed by atoms with Gasteiger partial charge in [-0.2, -0.15) is 0 Å². The number of hydrogen-bond donors (Lipinski definition) is 0. The van der Waals surface area contributed by atoms with Crippen LogP contribution < -0.4 is 0 Å². The largest absolute Gasteiger partial charge is 0.336 e. The Kier molecular flexibility index (Phi) is 4.18. The molecule has 2 aromatic rings. The summed E-state index contributed by atoms with van der Waals surface area (Å²) in [5.74, 6) is 1.34. The lowest BCUT2D eigenvalue weighted by atomic mass is 10.2. The van der Waals surface area contributed by atoms with Crippen molar-refractivity contribution in [3.8, 4) is 11.3 Å². The summed E-state index contributed by atoms with van der Waals surface area (Å²) in [6.07, 6.45) is 1.99. The third-order valence-corrected chi connectivity index (χ3v) is 2.40. The van der Waals surface area contributed by atoms with Crippen LogP contribution in [0.1, 0.15) is 5.82 Å². The Bertz CT molecular complexity index is 423. The van der Waals surface area contributed by atoms with Gasteiger partial charge in [0, 0.05) is 18.8 Å². The Morgan fingerprint density at radius 3 is 2.47 bits per heavy atom. The van der Waals surface area contributed by atoms with Crippen molar-refractivity contribution in [2.24, 2.45) is 7.05 Å². The van der Waals surface area contributed by atoms with E-state index in [0.717, 1.165) is 17.1 Å². The molecule has 0 bridgehead atoms. The number of nitrogens with zero attached hydrogens (tertiary/aromatic N) is 2. The van der Waals surface area contributed by atoms with Crippen LogP contribution >= 0.6 is 24.0 Å². The van der Waals surface area contributed by atoms with Crippen LogP contribution in [-0.2, 0) is 12.9 Å². The second kappa shape index (κ2) is 5.19. The molecule has 0 aliphatic heterocycles. The summed E-state index contributed by atoms with van der Waals surface area (Å²) in [5.41, 5.74) is 2.10. The van der Waals surface area contributed by atoms with Crippen molar-refractivity contribution < 1.29 is 0 Å². The summed E-state index contributed by atoms with van der Waals surface area (Å²) in [6, 6.07) is 10.1. The molecule has 0 unspecified atom stereocenters. The maximum Gasteiger partial charge on any atom is 0.124 e. The van der Waals surface area contributed by atoms with Gasteiger partial charge >= 0.3 is 0 Å². The van der Waals surface area contributed by atoms with Crippen LogP contribution in [0.3, 0.4) is 0 Å². The molecule has 1 aromatic carbocycles. The Morgan fingerprint density at radius 2 is 1.93 bits per heavy atom. The zero-order valence-electron chi connectivity index (χ0n) is 8.35. The van der Waals surface area contributed by atoms with Crippen LogP contribution in [0.2, 0.25) is 0 Å². The van der Waals surface area contributed by atoms with E-state index in [1.807, 2.05) is 48.1 Å². The Morgan fingerprint density at radius 1 is 1.27 bits per heavy atom. The van der Waals surface area contributed by atoms with Gasteiger partial charge in [-0.1, -0.05) is 30.3 Å². The molecule has 80 valence electrons. The van der Waals surface area contributed by atoms with Gasteiger partial charge < -0.3 is 4.57 Å².